The van der Waals surface area contributed by atoms with E-state index in [2.05, 4.69) is 15.1 Å². The molecular formula is C19H20N6O2. The smallest absolute Gasteiger partial charge is 0.272 e. The molecule has 1 aliphatic heterocycles. The van der Waals surface area contributed by atoms with Gasteiger partial charge in [0.2, 0.25) is 0 Å². The van der Waals surface area contributed by atoms with Gasteiger partial charge in [0.05, 0.1) is 11.9 Å². The Kier molecular flexibility index (Phi) is 4.31. The highest BCUT2D eigenvalue weighted by atomic mass is 16.2. The molecule has 0 aromatic carbocycles. The van der Waals surface area contributed by atoms with Gasteiger partial charge in [-0.15, -0.1) is 0 Å². The van der Waals surface area contributed by atoms with E-state index in [-0.39, 0.29) is 17.7 Å². The first-order valence-electron chi connectivity index (χ1n) is 8.81. The van der Waals surface area contributed by atoms with E-state index in [1.165, 1.54) is 4.90 Å². The predicted molar refractivity (Wildman–Crippen MR) is 98.5 cm³/mol. The number of carbonyl (C=O) groups is 2. The maximum Gasteiger partial charge on any atom is 0.272 e. The van der Waals surface area contributed by atoms with Crippen molar-refractivity contribution in [2.45, 2.75) is 12.3 Å². The van der Waals surface area contributed by atoms with Crippen LogP contribution in [-0.2, 0) is 0 Å². The van der Waals surface area contributed by atoms with Crippen LogP contribution in [0.4, 0.5) is 0 Å². The summed E-state index contributed by atoms with van der Waals surface area (Å²) in [5.74, 6) is -0.0641. The Morgan fingerprint density at radius 2 is 2.00 bits per heavy atom. The van der Waals surface area contributed by atoms with Crippen LogP contribution in [0.3, 0.4) is 0 Å². The molecule has 4 rings (SSSR count). The van der Waals surface area contributed by atoms with Crippen LogP contribution < -0.4 is 0 Å². The first-order chi connectivity index (χ1) is 13.1. The average molecular weight is 364 g/mol. The van der Waals surface area contributed by atoms with Crippen molar-refractivity contribution >= 4 is 17.5 Å². The first-order valence-corrected chi connectivity index (χ1v) is 8.81. The fourth-order valence-corrected chi connectivity index (χ4v) is 3.45. The van der Waals surface area contributed by atoms with Gasteiger partial charge in [0.15, 0.2) is 5.65 Å². The van der Waals surface area contributed by atoms with Crippen molar-refractivity contribution in [3.05, 3.63) is 59.8 Å². The van der Waals surface area contributed by atoms with Gasteiger partial charge >= 0.3 is 0 Å². The number of hydrogen-bond donors (Lipinski definition) is 0. The van der Waals surface area contributed by atoms with Crippen molar-refractivity contribution < 1.29 is 9.59 Å². The molecule has 0 unspecified atom stereocenters. The standard InChI is InChI=1S/C19H20N6O2/c1-23(2)18(26)14-11-22-25-16(6-9-21-17(14)25)13-7-10-24(12-13)19(27)15-5-3-4-8-20-15/h3-6,8-9,11,13H,7,10,12H2,1-2H3/t13-/m1/s1. The molecule has 1 fully saturated rings. The zero-order chi connectivity index (χ0) is 19.0. The monoisotopic (exact) mass is 364 g/mol. The van der Waals surface area contributed by atoms with E-state index in [0.29, 0.717) is 30.0 Å². The molecule has 1 aliphatic rings. The fourth-order valence-electron chi connectivity index (χ4n) is 3.45. The van der Waals surface area contributed by atoms with Crippen molar-refractivity contribution in [1.29, 1.82) is 0 Å². The number of aromatic nitrogens is 4. The van der Waals surface area contributed by atoms with Gasteiger partial charge in [0.1, 0.15) is 11.3 Å². The van der Waals surface area contributed by atoms with E-state index >= 15 is 0 Å². The fraction of sp³-hybridized carbons (Fsp3) is 0.316. The van der Waals surface area contributed by atoms with Crippen LogP contribution in [0.2, 0.25) is 0 Å². The summed E-state index contributed by atoms with van der Waals surface area (Å²) < 4.78 is 1.72. The van der Waals surface area contributed by atoms with Crippen LogP contribution in [0.25, 0.3) is 5.65 Å². The Balaban J connectivity index is 1.61. The second-order valence-electron chi connectivity index (χ2n) is 6.81. The summed E-state index contributed by atoms with van der Waals surface area (Å²) in [6, 6.07) is 7.24. The van der Waals surface area contributed by atoms with Crippen LogP contribution in [0.15, 0.2) is 42.9 Å². The molecule has 0 saturated carbocycles. The van der Waals surface area contributed by atoms with Crippen molar-refractivity contribution in [3.8, 4) is 0 Å². The Morgan fingerprint density at radius 1 is 1.15 bits per heavy atom. The van der Waals surface area contributed by atoms with Gasteiger partial charge in [-0.1, -0.05) is 6.07 Å². The van der Waals surface area contributed by atoms with Gasteiger partial charge in [-0.2, -0.15) is 5.10 Å². The number of carbonyl (C=O) groups excluding carboxylic acids is 2. The Hall–Kier alpha value is -3.29. The number of hydrogen-bond acceptors (Lipinski definition) is 5. The average Bonchev–Trinajstić information content (AvgIpc) is 3.34. The topological polar surface area (TPSA) is 83.7 Å². The molecule has 4 heterocycles. The van der Waals surface area contributed by atoms with Crippen LogP contribution in [0.5, 0.6) is 0 Å². The molecule has 0 radical (unpaired) electrons. The molecule has 0 N–H and O–H groups in total. The van der Waals surface area contributed by atoms with E-state index in [1.807, 2.05) is 17.0 Å². The minimum atomic E-state index is -0.131. The van der Waals surface area contributed by atoms with Crippen LogP contribution in [0, 0.1) is 0 Å². The highest BCUT2D eigenvalue weighted by Gasteiger charge is 2.30. The van der Waals surface area contributed by atoms with Gasteiger partial charge in [-0.05, 0) is 24.6 Å². The van der Waals surface area contributed by atoms with Crippen LogP contribution in [0.1, 0.15) is 38.9 Å². The first kappa shape index (κ1) is 17.1. The van der Waals surface area contributed by atoms with E-state index in [1.54, 1.807) is 49.3 Å². The lowest BCUT2D eigenvalue weighted by Gasteiger charge is -2.16. The minimum Gasteiger partial charge on any atom is -0.345 e. The van der Waals surface area contributed by atoms with Gasteiger partial charge in [0.25, 0.3) is 11.8 Å². The summed E-state index contributed by atoms with van der Waals surface area (Å²) in [6.07, 6.45) is 5.71. The zero-order valence-corrected chi connectivity index (χ0v) is 15.2. The van der Waals surface area contributed by atoms with Gasteiger partial charge in [0, 0.05) is 45.5 Å². The largest absolute Gasteiger partial charge is 0.345 e. The Morgan fingerprint density at radius 3 is 2.74 bits per heavy atom. The Labute approximate surface area is 156 Å². The number of pyridine rings is 1. The summed E-state index contributed by atoms with van der Waals surface area (Å²) in [7, 11) is 3.40. The molecule has 8 nitrogen and oxygen atoms in total. The van der Waals surface area contributed by atoms with E-state index in [0.717, 1.165) is 12.1 Å². The minimum absolute atomic E-state index is 0.0626. The quantitative estimate of drug-likeness (QED) is 0.702. The summed E-state index contributed by atoms with van der Waals surface area (Å²) in [5, 5.41) is 4.39. The van der Waals surface area contributed by atoms with Gasteiger partial charge in [-0.25, -0.2) is 9.50 Å². The summed E-state index contributed by atoms with van der Waals surface area (Å²) in [6.45, 7) is 1.25. The normalized spacial score (nSPS) is 16.7. The second-order valence-corrected chi connectivity index (χ2v) is 6.81. The molecular weight excluding hydrogens is 344 g/mol. The molecule has 27 heavy (non-hydrogen) atoms. The number of likely N-dealkylation sites (tertiary alicyclic amines) is 1. The summed E-state index contributed by atoms with van der Waals surface area (Å²) in [5.41, 5.74) is 2.42. The molecule has 8 heteroatoms. The van der Waals surface area contributed by atoms with Crippen molar-refractivity contribution in [2.75, 3.05) is 27.2 Å². The number of fused-ring (bicyclic) bond motifs is 1. The van der Waals surface area contributed by atoms with Crippen molar-refractivity contribution in [1.82, 2.24) is 29.4 Å². The third kappa shape index (κ3) is 3.03. The molecule has 1 saturated heterocycles. The molecule has 138 valence electrons. The number of nitrogens with zero attached hydrogens (tertiary/aromatic N) is 6. The molecule has 1 atom stereocenters. The molecule has 2 amide bonds. The summed E-state index contributed by atoms with van der Waals surface area (Å²) >= 11 is 0. The molecule has 0 spiro atoms. The van der Waals surface area contributed by atoms with E-state index in [4.69, 9.17) is 0 Å². The number of amides is 2. The predicted octanol–water partition coefficient (Wildman–Crippen LogP) is 1.46. The van der Waals surface area contributed by atoms with Crippen molar-refractivity contribution in [3.63, 3.8) is 0 Å². The molecule has 0 aliphatic carbocycles. The Bertz CT molecular complexity index is 998. The lowest BCUT2D eigenvalue weighted by Crippen LogP contribution is -2.29. The lowest BCUT2D eigenvalue weighted by molar-refractivity contribution is 0.0783. The van der Waals surface area contributed by atoms with Gasteiger partial charge < -0.3 is 9.80 Å². The summed E-state index contributed by atoms with van der Waals surface area (Å²) in [4.78, 5) is 36.8. The van der Waals surface area contributed by atoms with E-state index < -0.39 is 0 Å². The van der Waals surface area contributed by atoms with Crippen LogP contribution >= 0.6 is 0 Å². The zero-order valence-electron chi connectivity index (χ0n) is 15.2. The maximum atomic E-state index is 12.6. The molecule has 3 aromatic heterocycles. The highest BCUT2D eigenvalue weighted by Crippen LogP contribution is 2.28. The van der Waals surface area contributed by atoms with Crippen LogP contribution in [-0.4, -0.2) is 68.4 Å². The molecule has 0 bridgehead atoms. The number of rotatable bonds is 3. The molecule has 3 aromatic rings. The maximum absolute atomic E-state index is 12.6. The second kappa shape index (κ2) is 6.79. The van der Waals surface area contributed by atoms with E-state index in [9.17, 15) is 9.59 Å². The van der Waals surface area contributed by atoms with Gasteiger partial charge in [-0.3, -0.25) is 14.6 Å². The highest BCUT2D eigenvalue weighted by molar-refractivity contribution is 5.99. The van der Waals surface area contributed by atoms with Crippen molar-refractivity contribution in [2.24, 2.45) is 0 Å². The SMILES string of the molecule is CN(C)C(=O)c1cnn2c([C@@H]3CCN(C(=O)c4ccccn4)C3)ccnc12. The third-order valence-corrected chi connectivity index (χ3v) is 4.84. The third-order valence-electron chi connectivity index (χ3n) is 4.84. The lowest BCUT2D eigenvalue weighted by atomic mass is 10.0.